The Labute approximate surface area is 120 Å². The minimum atomic E-state index is -0.0819. The quantitative estimate of drug-likeness (QED) is 0.892. The first-order valence-electron chi connectivity index (χ1n) is 6.12. The second kappa shape index (κ2) is 5.15. The Kier molecular flexibility index (Phi) is 3.36. The molecular formula is C15H13BrN2O. The number of nitrogens with one attached hydrogen (secondary N) is 2. The van der Waals surface area contributed by atoms with Crippen LogP contribution >= 0.6 is 15.9 Å². The van der Waals surface area contributed by atoms with Crippen LogP contribution in [-0.2, 0) is 13.1 Å². The van der Waals surface area contributed by atoms with Gasteiger partial charge in [0, 0.05) is 23.1 Å². The van der Waals surface area contributed by atoms with Gasteiger partial charge in [-0.15, -0.1) is 0 Å². The molecule has 3 nitrogen and oxygen atoms in total. The van der Waals surface area contributed by atoms with E-state index in [1.165, 1.54) is 11.1 Å². The van der Waals surface area contributed by atoms with Gasteiger partial charge in [-0.2, -0.15) is 0 Å². The number of fused-ring (bicyclic) bond motifs is 1. The Morgan fingerprint density at radius 3 is 2.74 bits per heavy atom. The normalized spacial score (nSPS) is 13.1. The fourth-order valence-electron chi connectivity index (χ4n) is 2.19. The van der Waals surface area contributed by atoms with Crippen LogP contribution in [0.5, 0.6) is 0 Å². The highest BCUT2D eigenvalue weighted by Crippen LogP contribution is 2.23. The second-order valence-corrected chi connectivity index (χ2v) is 5.38. The molecule has 1 amide bonds. The third-order valence-corrected chi connectivity index (χ3v) is 3.91. The van der Waals surface area contributed by atoms with Crippen LogP contribution in [0.2, 0.25) is 0 Å². The molecule has 96 valence electrons. The van der Waals surface area contributed by atoms with E-state index in [-0.39, 0.29) is 5.91 Å². The maximum atomic E-state index is 12.2. The van der Waals surface area contributed by atoms with E-state index in [4.69, 9.17) is 0 Å². The Balaban J connectivity index is 1.83. The van der Waals surface area contributed by atoms with Crippen LogP contribution in [0.3, 0.4) is 0 Å². The van der Waals surface area contributed by atoms with Crippen LogP contribution in [-0.4, -0.2) is 5.91 Å². The predicted octanol–water partition coefficient (Wildman–Crippen LogP) is 3.30. The molecule has 2 aromatic rings. The molecule has 0 aliphatic carbocycles. The molecule has 0 spiro atoms. The summed E-state index contributed by atoms with van der Waals surface area (Å²) in [6, 6.07) is 13.4. The average molecular weight is 317 g/mol. The van der Waals surface area contributed by atoms with Crippen molar-refractivity contribution in [3.63, 3.8) is 0 Å². The lowest BCUT2D eigenvalue weighted by molar-refractivity contribution is 0.102. The molecule has 4 heteroatoms. The van der Waals surface area contributed by atoms with Crippen LogP contribution in [0.1, 0.15) is 21.5 Å². The van der Waals surface area contributed by atoms with Gasteiger partial charge in [-0.25, -0.2) is 0 Å². The number of amides is 1. The number of rotatable bonds is 2. The van der Waals surface area contributed by atoms with Crippen LogP contribution in [0.4, 0.5) is 5.69 Å². The number of carbonyl (C=O) groups excluding carboxylic acids is 1. The van der Waals surface area contributed by atoms with Crippen LogP contribution < -0.4 is 10.6 Å². The van der Waals surface area contributed by atoms with Crippen LogP contribution in [0.25, 0.3) is 0 Å². The molecule has 2 aromatic carbocycles. The van der Waals surface area contributed by atoms with Crippen molar-refractivity contribution in [2.75, 3.05) is 5.32 Å². The molecule has 1 heterocycles. The minimum absolute atomic E-state index is 0.0819. The SMILES string of the molecule is O=C(Nc1ccccc1Br)c1ccc2c(c1)CNC2. The molecule has 0 saturated carbocycles. The van der Waals surface area contributed by atoms with Gasteiger partial charge in [0.05, 0.1) is 5.69 Å². The maximum Gasteiger partial charge on any atom is 0.255 e. The van der Waals surface area contributed by atoms with E-state index in [1.54, 1.807) is 0 Å². The zero-order valence-corrected chi connectivity index (χ0v) is 11.8. The molecule has 1 aliphatic rings. The number of anilines is 1. The number of halogens is 1. The lowest BCUT2D eigenvalue weighted by Gasteiger charge is -2.08. The summed E-state index contributed by atoms with van der Waals surface area (Å²) < 4.78 is 0.881. The molecule has 0 bridgehead atoms. The monoisotopic (exact) mass is 316 g/mol. The number of carbonyl (C=O) groups is 1. The summed E-state index contributed by atoms with van der Waals surface area (Å²) in [6.07, 6.45) is 0. The maximum absolute atomic E-state index is 12.2. The Morgan fingerprint density at radius 1 is 1.11 bits per heavy atom. The van der Waals surface area contributed by atoms with Crippen LogP contribution in [0.15, 0.2) is 46.9 Å². The van der Waals surface area contributed by atoms with Crippen molar-refractivity contribution in [3.8, 4) is 0 Å². The molecule has 3 rings (SSSR count). The summed E-state index contributed by atoms with van der Waals surface area (Å²) in [5.41, 5.74) is 3.96. The summed E-state index contributed by atoms with van der Waals surface area (Å²) in [6.45, 7) is 1.73. The van der Waals surface area contributed by atoms with E-state index in [2.05, 4.69) is 26.6 Å². The number of hydrogen-bond donors (Lipinski definition) is 2. The third-order valence-electron chi connectivity index (χ3n) is 3.22. The van der Waals surface area contributed by atoms with Crippen molar-refractivity contribution in [2.24, 2.45) is 0 Å². The van der Waals surface area contributed by atoms with Crippen molar-refractivity contribution in [1.29, 1.82) is 0 Å². The first-order chi connectivity index (χ1) is 9.24. The number of benzene rings is 2. The lowest BCUT2D eigenvalue weighted by Crippen LogP contribution is -2.12. The van der Waals surface area contributed by atoms with E-state index in [0.717, 1.165) is 23.2 Å². The van der Waals surface area contributed by atoms with Gasteiger partial charge in [0.25, 0.3) is 5.91 Å². The van der Waals surface area contributed by atoms with E-state index in [0.29, 0.717) is 5.56 Å². The fraction of sp³-hybridized carbons (Fsp3) is 0.133. The molecule has 2 N–H and O–H groups in total. The first kappa shape index (κ1) is 12.4. The van der Waals surface area contributed by atoms with E-state index >= 15 is 0 Å². The highest BCUT2D eigenvalue weighted by Gasteiger charge is 2.14. The standard InChI is InChI=1S/C15H13BrN2O/c16-13-3-1-2-4-14(13)18-15(19)10-5-6-11-8-17-9-12(11)7-10/h1-7,17H,8-9H2,(H,18,19). The fourth-order valence-corrected chi connectivity index (χ4v) is 2.58. The molecule has 0 unspecified atom stereocenters. The minimum Gasteiger partial charge on any atom is -0.321 e. The summed E-state index contributed by atoms with van der Waals surface area (Å²) in [4.78, 5) is 12.2. The highest BCUT2D eigenvalue weighted by atomic mass is 79.9. The number of hydrogen-bond acceptors (Lipinski definition) is 2. The molecule has 19 heavy (non-hydrogen) atoms. The average Bonchev–Trinajstić information content (AvgIpc) is 2.88. The van der Waals surface area contributed by atoms with E-state index in [1.807, 2.05) is 42.5 Å². The summed E-state index contributed by atoms with van der Waals surface area (Å²) in [5.74, 6) is -0.0819. The predicted molar refractivity (Wildman–Crippen MR) is 79.1 cm³/mol. The topological polar surface area (TPSA) is 41.1 Å². The van der Waals surface area contributed by atoms with Crippen molar-refractivity contribution < 1.29 is 4.79 Å². The van der Waals surface area contributed by atoms with Crippen molar-refractivity contribution in [2.45, 2.75) is 13.1 Å². The molecule has 0 radical (unpaired) electrons. The zero-order valence-electron chi connectivity index (χ0n) is 10.2. The van der Waals surface area contributed by atoms with E-state index < -0.39 is 0 Å². The van der Waals surface area contributed by atoms with E-state index in [9.17, 15) is 4.79 Å². The van der Waals surface area contributed by atoms with Crippen molar-refractivity contribution >= 4 is 27.5 Å². The molecule has 0 saturated heterocycles. The highest BCUT2D eigenvalue weighted by molar-refractivity contribution is 9.10. The van der Waals surface area contributed by atoms with Gasteiger partial charge in [-0.3, -0.25) is 4.79 Å². The summed E-state index contributed by atoms with van der Waals surface area (Å²) >= 11 is 3.42. The lowest BCUT2D eigenvalue weighted by atomic mass is 10.1. The third kappa shape index (κ3) is 2.55. The summed E-state index contributed by atoms with van der Waals surface area (Å²) in [7, 11) is 0. The molecular weight excluding hydrogens is 304 g/mol. The van der Waals surface area contributed by atoms with Crippen LogP contribution in [0, 0.1) is 0 Å². The smallest absolute Gasteiger partial charge is 0.255 e. The first-order valence-corrected chi connectivity index (χ1v) is 6.92. The van der Waals surface area contributed by atoms with Crippen molar-refractivity contribution in [1.82, 2.24) is 5.32 Å². The van der Waals surface area contributed by atoms with Gasteiger partial charge in [0.15, 0.2) is 0 Å². The van der Waals surface area contributed by atoms with Gasteiger partial charge >= 0.3 is 0 Å². The molecule has 0 aromatic heterocycles. The van der Waals surface area contributed by atoms with Gasteiger partial charge in [0.1, 0.15) is 0 Å². The molecule has 1 aliphatic heterocycles. The Morgan fingerprint density at radius 2 is 1.89 bits per heavy atom. The molecule has 0 fully saturated rings. The van der Waals surface area contributed by atoms with Crippen molar-refractivity contribution in [3.05, 3.63) is 63.6 Å². The van der Waals surface area contributed by atoms with Gasteiger partial charge in [-0.05, 0) is 51.3 Å². The van der Waals surface area contributed by atoms with Gasteiger partial charge < -0.3 is 10.6 Å². The van der Waals surface area contributed by atoms with Gasteiger partial charge in [0.2, 0.25) is 0 Å². The Bertz CT molecular complexity index is 640. The number of para-hydroxylation sites is 1. The molecule has 0 atom stereocenters. The largest absolute Gasteiger partial charge is 0.321 e. The second-order valence-electron chi connectivity index (χ2n) is 4.52. The zero-order chi connectivity index (χ0) is 13.2. The van der Waals surface area contributed by atoms with Gasteiger partial charge in [-0.1, -0.05) is 18.2 Å². The summed E-state index contributed by atoms with van der Waals surface area (Å²) in [5, 5.41) is 6.18. The Hall–Kier alpha value is -1.65.